The Hall–Kier alpha value is -3.75. The van der Waals surface area contributed by atoms with Crippen LogP contribution in [0.3, 0.4) is 0 Å². The van der Waals surface area contributed by atoms with Crippen molar-refractivity contribution in [1.82, 2.24) is 15.0 Å². The van der Waals surface area contributed by atoms with Gasteiger partial charge in [-0.25, -0.2) is 0 Å². The van der Waals surface area contributed by atoms with Crippen LogP contribution in [0.1, 0.15) is 40.9 Å². The van der Waals surface area contributed by atoms with Crippen LogP contribution < -0.4 is 20.7 Å². The highest BCUT2D eigenvalue weighted by atomic mass is 16.5. The Bertz CT molecular complexity index is 1400. The number of rotatable bonds is 6. The fourth-order valence-corrected chi connectivity index (χ4v) is 6.01. The van der Waals surface area contributed by atoms with Crippen LogP contribution in [0.15, 0.2) is 37.6 Å². The van der Waals surface area contributed by atoms with Crippen LogP contribution in [-0.4, -0.2) is 45.7 Å². The summed E-state index contributed by atoms with van der Waals surface area (Å²) in [6.45, 7) is 11.3. The standard InChI is InChI=1S/C28H30N6O2/c1-5-16-9-22(30-4)23-15(3)26-25(24(23)14(16)2)27(34-12-17-8-19(34)10-21(17)29)33-28(32-26)36-20-7-6-18(13-35)31-11-20/h5-7,9,11,17,19,21,30,35H,1,3,8,10,12-13,29H2,2,4H3. The smallest absolute Gasteiger partial charge is 0.324 e. The zero-order valence-electron chi connectivity index (χ0n) is 20.6. The number of nitrogens with zero attached hydrogens (tertiary/aromatic N) is 4. The van der Waals surface area contributed by atoms with Crippen molar-refractivity contribution in [2.75, 3.05) is 23.8 Å². The zero-order chi connectivity index (χ0) is 25.1. The van der Waals surface area contributed by atoms with Crippen LogP contribution in [-0.2, 0) is 6.61 Å². The van der Waals surface area contributed by atoms with E-state index in [9.17, 15) is 5.11 Å². The van der Waals surface area contributed by atoms with E-state index < -0.39 is 0 Å². The highest BCUT2D eigenvalue weighted by Crippen LogP contribution is 2.54. The second kappa shape index (κ2) is 8.43. The van der Waals surface area contributed by atoms with E-state index in [2.05, 4.69) is 41.3 Å². The number of benzene rings is 1. The number of hydrogen-bond donors (Lipinski definition) is 3. The van der Waals surface area contributed by atoms with E-state index >= 15 is 0 Å². The summed E-state index contributed by atoms with van der Waals surface area (Å²) in [6, 6.07) is 6.41. The number of aromatic nitrogens is 3. The van der Waals surface area contributed by atoms with Gasteiger partial charge < -0.3 is 25.8 Å². The SMILES string of the molecule is C=Cc1cc(NC)c2c(c1C)-c1c(nc(Oc3ccc(CO)nc3)nc1N1CC3CC1CC3N)C2=C. The van der Waals surface area contributed by atoms with E-state index in [4.69, 9.17) is 20.4 Å². The highest BCUT2D eigenvalue weighted by molar-refractivity contribution is 6.08. The number of nitrogens with two attached hydrogens (primary N) is 1. The van der Waals surface area contributed by atoms with E-state index in [1.165, 1.54) is 0 Å². The molecular formula is C28H30N6O2. The van der Waals surface area contributed by atoms with Gasteiger partial charge in [0, 0.05) is 48.1 Å². The molecule has 3 unspecified atom stereocenters. The molecule has 184 valence electrons. The Morgan fingerprint density at radius 2 is 2.08 bits per heavy atom. The number of pyridine rings is 1. The van der Waals surface area contributed by atoms with Gasteiger partial charge in [-0.05, 0) is 55.0 Å². The number of aliphatic hydroxyl groups excluding tert-OH is 1. The van der Waals surface area contributed by atoms with Crippen LogP contribution in [0.25, 0.3) is 22.8 Å². The molecule has 0 radical (unpaired) electrons. The molecule has 2 aromatic heterocycles. The molecule has 2 fully saturated rings. The van der Waals surface area contributed by atoms with Gasteiger partial charge in [-0.3, -0.25) is 4.98 Å². The van der Waals surface area contributed by atoms with Crippen LogP contribution in [0, 0.1) is 12.8 Å². The maximum atomic E-state index is 9.31. The number of aliphatic hydroxyl groups is 1. The second-order valence-corrected chi connectivity index (χ2v) is 9.82. The number of anilines is 2. The Balaban J connectivity index is 1.54. The lowest BCUT2D eigenvalue weighted by atomic mass is 9.93. The monoisotopic (exact) mass is 482 g/mol. The molecule has 6 rings (SSSR count). The second-order valence-electron chi connectivity index (χ2n) is 9.82. The first-order valence-electron chi connectivity index (χ1n) is 12.3. The number of nitrogens with one attached hydrogen (secondary N) is 1. The van der Waals surface area contributed by atoms with Gasteiger partial charge in [0.25, 0.3) is 0 Å². The molecule has 1 saturated heterocycles. The summed E-state index contributed by atoms with van der Waals surface area (Å²) in [5, 5.41) is 12.6. The van der Waals surface area contributed by atoms with E-state index in [0.29, 0.717) is 23.4 Å². The molecule has 8 nitrogen and oxygen atoms in total. The first-order valence-corrected chi connectivity index (χ1v) is 12.3. The van der Waals surface area contributed by atoms with Crippen molar-refractivity contribution in [3.63, 3.8) is 0 Å². The van der Waals surface area contributed by atoms with Crippen molar-refractivity contribution < 1.29 is 9.84 Å². The highest BCUT2D eigenvalue weighted by Gasteiger charge is 2.46. The maximum Gasteiger partial charge on any atom is 0.324 e. The predicted octanol–water partition coefficient (Wildman–Crippen LogP) is 4.12. The third-order valence-corrected chi connectivity index (χ3v) is 7.86. The molecule has 0 amide bonds. The molecule has 1 aliphatic heterocycles. The maximum absolute atomic E-state index is 9.31. The van der Waals surface area contributed by atoms with Gasteiger partial charge >= 0.3 is 6.01 Å². The summed E-state index contributed by atoms with van der Waals surface area (Å²) < 4.78 is 6.09. The van der Waals surface area contributed by atoms with E-state index in [-0.39, 0.29) is 18.7 Å². The van der Waals surface area contributed by atoms with Gasteiger partial charge in [0.05, 0.1) is 29.8 Å². The van der Waals surface area contributed by atoms with E-state index in [0.717, 1.165) is 70.0 Å². The van der Waals surface area contributed by atoms with Crippen molar-refractivity contribution in [3.8, 4) is 22.9 Å². The van der Waals surface area contributed by atoms with Gasteiger partial charge in [0.15, 0.2) is 0 Å². The predicted molar refractivity (Wildman–Crippen MR) is 142 cm³/mol. The lowest BCUT2D eigenvalue weighted by molar-refractivity contribution is 0.276. The first kappa shape index (κ1) is 22.7. The fraction of sp³-hybridized carbons (Fsp3) is 0.321. The molecule has 3 heterocycles. The lowest BCUT2D eigenvalue weighted by Gasteiger charge is -2.32. The Morgan fingerprint density at radius 1 is 1.25 bits per heavy atom. The van der Waals surface area contributed by atoms with Crippen molar-refractivity contribution in [3.05, 3.63) is 65.6 Å². The number of hydrogen-bond acceptors (Lipinski definition) is 8. The molecule has 3 aromatic rings. The normalized spacial score (nSPS) is 21.5. The van der Waals surface area contributed by atoms with Gasteiger partial charge in [0.1, 0.15) is 11.6 Å². The molecule has 3 atom stereocenters. The molecule has 2 aliphatic carbocycles. The molecule has 8 heteroatoms. The van der Waals surface area contributed by atoms with Crippen LogP contribution >= 0.6 is 0 Å². The minimum Gasteiger partial charge on any atom is -0.423 e. The molecule has 4 N–H and O–H groups in total. The summed E-state index contributed by atoms with van der Waals surface area (Å²) in [5.74, 6) is 1.82. The van der Waals surface area contributed by atoms with Crippen LogP contribution in [0.4, 0.5) is 11.5 Å². The molecule has 36 heavy (non-hydrogen) atoms. The number of fused-ring (bicyclic) bond motifs is 5. The third-order valence-electron chi connectivity index (χ3n) is 7.86. The van der Waals surface area contributed by atoms with Crippen molar-refractivity contribution >= 4 is 23.2 Å². The molecule has 1 aromatic carbocycles. The summed E-state index contributed by atoms with van der Waals surface area (Å²) in [4.78, 5) is 16.4. The molecule has 1 saturated carbocycles. The largest absolute Gasteiger partial charge is 0.423 e. The van der Waals surface area contributed by atoms with Crippen molar-refractivity contribution in [2.45, 2.75) is 38.5 Å². The van der Waals surface area contributed by atoms with Gasteiger partial charge in [-0.15, -0.1) is 0 Å². The first-order chi connectivity index (χ1) is 17.4. The topological polar surface area (TPSA) is 109 Å². The third kappa shape index (κ3) is 3.32. The molecule has 3 aliphatic rings. The van der Waals surface area contributed by atoms with Gasteiger partial charge in [0.2, 0.25) is 0 Å². The molecular weight excluding hydrogens is 452 g/mol. The Morgan fingerprint density at radius 3 is 2.69 bits per heavy atom. The van der Waals surface area contributed by atoms with E-state index in [1.807, 2.05) is 13.1 Å². The fourth-order valence-electron chi connectivity index (χ4n) is 6.01. The van der Waals surface area contributed by atoms with E-state index in [1.54, 1.807) is 18.3 Å². The van der Waals surface area contributed by atoms with Gasteiger partial charge in [-0.1, -0.05) is 19.2 Å². The lowest BCUT2D eigenvalue weighted by Crippen LogP contribution is -2.41. The van der Waals surface area contributed by atoms with Crippen LogP contribution in [0.2, 0.25) is 0 Å². The van der Waals surface area contributed by atoms with Gasteiger partial charge in [-0.2, -0.15) is 9.97 Å². The number of piperidine rings is 1. The molecule has 2 bridgehead atoms. The summed E-state index contributed by atoms with van der Waals surface area (Å²) in [6.07, 6.45) is 5.48. The zero-order valence-corrected chi connectivity index (χ0v) is 20.6. The quantitative estimate of drug-likeness (QED) is 0.377. The van der Waals surface area contributed by atoms with Crippen molar-refractivity contribution in [1.29, 1.82) is 0 Å². The minimum absolute atomic E-state index is 0.128. The summed E-state index contributed by atoms with van der Waals surface area (Å²) in [5.41, 5.74) is 14.9. The average molecular weight is 483 g/mol. The number of ether oxygens (including phenoxy) is 1. The minimum atomic E-state index is -0.128. The Labute approximate surface area is 210 Å². The summed E-state index contributed by atoms with van der Waals surface area (Å²) >= 11 is 0. The average Bonchev–Trinajstić information content (AvgIpc) is 3.56. The van der Waals surface area contributed by atoms with Crippen LogP contribution in [0.5, 0.6) is 11.8 Å². The van der Waals surface area contributed by atoms with Crippen molar-refractivity contribution in [2.24, 2.45) is 11.7 Å². The Kier molecular flexibility index (Phi) is 5.31. The summed E-state index contributed by atoms with van der Waals surface area (Å²) in [7, 11) is 1.92. The molecule has 0 spiro atoms.